The van der Waals surface area contributed by atoms with Gasteiger partial charge in [-0.05, 0) is 6.92 Å². The molecule has 0 aliphatic rings. The van der Waals surface area contributed by atoms with E-state index in [2.05, 4.69) is 10.1 Å². The van der Waals surface area contributed by atoms with Gasteiger partial charge in [0.25, 0.3) is 0 Å². The second-order valence-corrected chi connectivity index (χ2v) is 2.61. The van der Waals surface area contributed by atoms with Gasteiger partial charge in [0, 0.05) is 13.6 Å². The predicted molar refractivity (Wildman–Crippen MR) is 38.5 cm³/mol. The fourth-order valence-corrected chi connectivity index (χ4v) is 0.859. The van der Waals surface area contributed by atoms with Crippen molar-refractivity contribution in [3.8, 4) is 0 Å². The van der Waals surface area contributed by atoms with E-state index in [0.717, 1.165) is 0 Å². The van der Waals surface area contributed by atoms with Crippen LogP contribution in [0.3, 0.4) is 0 Å². The van der Waals surface area contributed by atoms with Gasteiger partial charge in [-0.1, -0.05) is 0 Å². The summed E-state index contributed by atoms with van der Waals surface area (Å²) < 4.78 is 14.8. The SMILES string of the molecule is Cn1ncnc1C(C)(F)CN. The Labute approximate surface area is 64.2 Å². The van der Waals surface area contributed by atoms with Crippen molar-refractivity contribution in [2.24, 2.45) is 12.8 Å². The van der Waals surface area contributed by atoms with Crippen LogP contribution in [0.15, 0.2) is 6.33 Å². The van der Waals surface area contributed by atoms with Gasteiger partial charge in [0.1, 0.15) is 6.33 Å². The lowest BCUT2D eigenvalue weighted by atomic mass is 10.1. The molecule has 0 aromatic carbocycles. The Morgan fingerprint density at radius 1 is 1.82 bits per heavy atom. The number of nitrogens with zero attached hydrogens (tertiary/aromatic N) is 3. The van der Waals surface area contributed by atoms with E-state index in [1.165, 1.54) is 17.9 Å². The van der Waals surface area contributed by atoms with E-state index < -0.39 is 5.67 Å². The van der Waals surface area contributed by atoms with Gasteiger partial charge in [-0.15, -0.1) is 0 Å². The van der Waals surface area contributed by atoms with E-state index >= 15 is 0 Å². The zero-order chi connectivity index (χ0) is 8.48. The van der Waals surface area contributed by atoms with Crippen LogP contribution in [0.1, 0.15) is 12.7 Å². The van der Waals surface area contributed by atoms with Gasteiger partial charge < -0.3 is 5.73 Å². The van der Waals surface area contributed by atoms with Crippen LogP contribution in [0.25, 0.3) is 0 Å². The van der Waals surface area contributed by atoms with Gasteiger partial charge in [0.05, 0.1) is 0 Å². The highest BCUT2D eigenvalue weighted by atomic mass is 19.1. The molecule has 1 aromatic heterocycles. The molecule has 0 amide bonds. The fraction of sp³-hybridized carbons (Fsp3) is 0.667. The monoisotopic (exact) mass is 158 g/mol. The molecule has 1 rings (SSSR count). The molecule has 1 aromatic rings. The van der Waals surface area contributed by atoms with Gasteiger partial charge in [0.15, 0.2) is 11.5 Å². The summed E-state index contributed by atoms with van der Waals surface area (Å²) in [5.74, 6) is 0.264. The summed E-state index contributed by atoms with van der Waals surface area (Å²) in [6.07, 6.45) is 1.31. The van der Waals surface area contributed by atoms with Crippen molar-refractivity contribution in [3.63, 3.8) is 0 Å². The van der Waals surface area contributed by atoms with Crippen molar-refractivity contribution >= 4 is 0 Å². The van der Waals surface area contributed by atoms with E-state index in [0.29, 0.717) is 0 Å². The molecule has 11 heavy (non-hydrogen) atoms. The van der Waals surface area contributed by atoms with Gasteiger partial charge in [-0.3, -0.25) is 4.68 Å². The number of hydrogen-bond acceptors (Lipinski definition) is 3. The van der Waals surface area contributed by atoms with Crippen LogP contribution in [0, 0.1) is 0 Å². The minimum Gasteiger partial charge on any atom is -0.327 e. The topological polar surface area (TPSA) is 56.7 Å². The first-order chi connectivity index (χ1) is 5.08. The number of aromatic nitrogens is 3. The third kappa shape index (κ3) is 1.37. The molecule has 0 saturated carbocycles. The number of halogens is 1. The summed E-state index contributed by atoms with van der Waals surface area (Å²) in [6, 6.07) is 0. The van der Waals surface area contributed by atoms with Gasteiger partial charge in [-0.2, -0.15) is 5.10 Å². The minimum absolute atomic E-state index is 0.0838. The average molecular weight is 158 g/mol. The first-order valence-electron chi connectivity index (χ1n) is 3.31. The zero-order valence-electron chi connectivity index (χ0n) is 6.58. The van der Waals surface area contributed by atoms with E-state index in [1.807, 2.05) is 0 Å². The van der Waals surface area contributed by atoms with Crippen LogP contribution in [-0.4, -0.2) is 21.3 Å². The number of rotatable bonds is 2. The molecule has 0 fully saturated rings. The average Bonchev–Trinajstić information content (AvgIpc) is 2.36. The minimum atomic E-state index is -1.58. The molecule has 62 valence electrons. The summed E-state index contributed by atoms with van der Waals surface area (Å²) in [5.41, 5.74) is 3.63. The summed E-state index contributed by atoms with van der Waals surface area (Å²) >= 11 is 0. The van der Waals surface area contributed by atoms with Crippen molar-refractivity contribution in [3.05, 3.63) is 12.2 Å². The highest BCUT2D eigenvalue weighted by Crippen LogP contribution is 2.20. The van der Waals surface area contributed by atoms with Crippen molar-refractivity contribution in [2.45, 2.75) is 12.6 Å². The van der Waals surface area contributed by atoms with Crippen LogP contribution < -0.4 is 5.73 Å². The largest absolute Gasteiger partial charge is 0.327 e. The Balaban J connectivity index is 3.00. The smallest absolute Gasteiger partial charge is 0.179 e. The Hall–Kier alpha value is -0.970. The van der Waals surface area contributed by atoms with Gasteiger partial charge in [-0.25, -0.2) is 9.37 Å². The number of alkyl halides is 1. The molecular weight excluding hydrogens is 147 g/mol. The van der Waals surface area contributed by atoms with Crippen LogP contribution >= 0.6 is 0 Å². The van der Waals surface area contributed by atoms with Crippen LogP contribution in [0.2, 0.25) is 0 Å². The highest BCUT2D eigenvalue weighted by molar-refractivity contribution is 4.99. The third-order valence-corrected chi connectivity index (χ3v) is 1.56. The number of hydrogen-bond donors (Lipinski definition) is 1. The Morgan fingerprint density at radius 3 is 2.82 bits per heavy atom. The Morgan fingerprint density at radius 2 is 2.45 bits per heavy atom. The molecule has 2 N–H and O–H groups in total. The summed E-state index contributed by atoms with van der Waals surface area (Å²) in [5, 5.41) is 3.74. The maximum atomic E-state index is 13.4. The number of aryl methyl sites for hydroxylation is 1. The summed E-state index contributed by atoms with van der Waals surface area (Å²) in [4.78, 5) is 3.76. The first kappa shape index (κ1) is 8.13. The highest BCUT2D eigenvalue weighted by Gasteiger charge is 2.28. The first-order valence-corrected chi connectivity index (χ1v) is 3.31. The molecule has 0 aliphatic heterocycles. The lowest BCUT2D eigenvalue weighted by Crippen LogP contribution is -2.30. The van der Waals surface area contributed by atoms with Crippen molar-refractivity contribution in [1.82, 2.24) is 14.8 Å². The molecule has 0 radical (unpaired) electrons. The van der Waals surface area contributed by atoms with Crippen molar-refractivity contribution < 1.29 is 4.39 Å². The van der Waals surface area contributed by atoms with Gasteiger partial charge >= 0.3 is 0 Å². The van der Waals surface area contributed by atoms with E-state index in [4.69, 9.17) is 5.73 Å². The number of nitrogens with two attached hydrogens (primary N) is 1. The molecule has 1 atom stereocenters. The van der Waals surface area contributed by atoms with Crippen molar-refractivity contribution in [1.29, 1.82) is 0 Å². The second-order valence-electron chi connectivity index (χ2n) is 2.61. The van der Waals surface area contributed by atoms with Crippen molar-refractivity contribution in [2.75, 3.05) is 6.54 Å². The molecule has 1 unspecified atom stereocenters. The van der Waals surface area contributed by atoms with Crippen LogP contribution in [0.4, 0.5) is 4.39 Å². The molecule has 5 heteroatoms. The summed E-state index contributed by atoms with van der Waals surface area (Å²) in [6.45, 7) is 1.30. The molecule has 0 saturated heterocycles. The van der Waals surface area contributed by atoms with Crippen LogP contribution in [-0.2, 0) is 12.7 Å². The summed E-state index contributed by atoms with van der Waals surface area (Å²) in [7, 11) is 1.63. The zero-order valence-corrected chi connectivity index (χ0v) is 6.58. The molecule has 0 spiro atoms. The lowest BCUT2D eigenvalue weighted by Gasteiger charge is -2.15. The Bertz CT molecular complexity index is 242. The maximum Gasteiger partial charge on any atom is 0.179 e. The fourth-order valence-electron chi connectivity index (χ4n) is 0.859. The molecule has 4 nitrogen and oxygen atoms in total. The Kier molecular flexibility index (Phi) is 1.90. The lowest BCUT2D eigenvalue weighted by molar-refractivity contribution is 0.182. The van der Waals surface area contributed by atoms with Crippen LogP contribution in [0.5, 0.6) is 0 Å². The van der Waals surface area contributed by atoms with E-state index in [1.54, 1.807) is 7.05 Å². The molecular formula is C6H11FN4. The molecule has 0 bridgehead atoms. The third-order valence-electron chi connectivity index (χ3n) is 1.56. The van der Waals surface area contributed by atoms with Gasteiger partial charge in [0.2, 0.25) is 0 Å². The second kappa shape index (κ2) is 2.58. The maximum absolute atomic E-state index is 13.4. The molecule has 0 aliphatic carbocycles. The van der Waals surface area contributed by atoms with E-state index in [-0.39, 0.29) is 12.4 Å². The van der Waals surface area contributed by atoms with E-state index in [9.17, 15) is 4.39 Å². The normalized spacial score (nSPS) is 16.4. The standard InChI is InChI=1S/C6H11FN4/c1-6(7,3-8)5-9-4-10-11(5)2/h4H,3,8H2,1-2H3. The molecule has 1 heterocycles. The predicted octanol–water partition coefficient (Wildman–Crippen LogP) is -0.0415. The quantitative estimate of drug-likeness (QED) is 0.657.